The second kappa shape index (κ2) is 10.4. The Balaban J connectivity index is 1.26. The Kier molecular flexibility index (Phi) is 7.02. The number of nitrogens with zero attached hydrogens (tertiary/aromatic N) is 7. The molecule has 1 saturated heterocycles. The molecular weight excluding hydrogens is 494 g/mol. The number of H-pyrrole nitrogens is 1. The van der Waals surface area contributed by atoms with Crippen molar-refractivity contribution in [3.05, 3.63) is 54.6 Å². The van der Waals surface area contributed by atoms with Crippen LogP contribution in [0.3, 0.4) is 0 Å². The van der Waals surface area contributed by atoms with E-state index in [-0.39, 0.29) is 0 Å². The predicted molar refractivity (Wildman–Crippen MR) is 141 cm³/mol. The van der Waals surface area contributed by atoms with Crippen molar-refractivity contribution in [1.82, 2.24) is 38.4 Å². The molecule has 0 unspecified atom stereocenters. The fraction of sp³-hybridized carbons (Fsp3) is 0.333. The van der Waals surface area contributed by atoms with Crippen LogP contribution < -0.4 is 10.1 Å². The van der Waals surface area contributed by atoms with Crippen LogP contribution >= 0.6 is 0 Å². The van der Waals surface area contributed by atoms with E-state index in [1.807, 2.05) is 30.3 Å². The van der Waals surface area contributed by atoms with Gasteiger partial charge >= 0.3 is 0 Å². The maximum atomic E-state index is 12.3. The molecule has 4 heterocycles. The summed E-state index contributed by atoms with van der Waals surface area (Å²) in [7, 11) is 1.34. The van der Waals surface area contributed by atoms with Crippen LogP contribution in [0.4, 0.5) is 11.8 Å². The molecule has 0 amide bonds. The van der Waals surface area contributed by atoms with E-state index in [2.05, 4.69) is 35.1 Å². The van der Waals surface area contributed by atoms with Crippen LogP contribution in [-0.4, -0.2) is 94.2 Å². The molecule has 0 radical (unpaired) electrons. The topological polar surface area (TPSA) is 132 Å². The Hall–Kier alpha value is -3.65. The van der Waals surface area contributed by atoms with Crippen molar-refractivity contribution in [3.8, 4) is 17.0 Å². The first kappa shape index (κ1) is 25.0. The van der Waals surface area contributed by atoms with Crippen LogP contribution in [0.2, 0.25) is 0 Å². The van der Waals surface area contributed by atoms with Crippen molar-refractivity contribution in [3.63, 3.8) is 0 Å². The van der Waals surface area contributed by atoms with Crippen LogP contribution in [0, 0.1) is 0 Å². The SMILES string of the molecule is COc1cncnc1-c1ccc2nc(Nc3cc(CN4CCN(S(=O)(=O)N(C)C)CC4)ccn3)[nH]c2c1. The summed E-state index contributed by atoms with van der Waals surface area (Å²) in [6, 6.07) is 9.79. The number of hydrogen-bond acceptors (Lipinski definition) is 9. The van der Waals surface area contributed by atoms with E-state index in [9.17, 15) is 8.42 Å². The molecule has 12 nitrogen and oxygen atoms in total. The van der Waals surface area contributed by atoms with Gasteiger partial charge in [-0.05, 0) is 29.8 Å². The number of methoxy groups -OCH3 is 1. The highest BCUT2D eigenvalue weighted by molar-refractivity contribution is 7.86. The maximum absolute atomic E-state index is 12.3. The summed E-state index contributed by atoms with van der Waals surface area (Å²) in [6.07, 6.45) is 4.88. The van der Waals surface area contributed by atoms with Gasteiger partial charge in [0.1, 0.15) is 17.8 Å². The number of ether oxygens (including phenoxy) is 1. The third-order valence-electron chi connectivity index (χ3n) is 6.25. The number of nitrogens with one attached hydrogen (secondary N) is 2. The summed E-state index contributed by atoms with van der Waals surface area (Å²) in [5.41, 5.74) is 4.33. The monoisotopic (exact) mass is 523 g/mol. The molecule has 0 aliphatic carbocycles. The van der Waals surface area contributed by atoms with E-state index in [1.54, 1.807) is 33.6 Å². The number of rotatable bonds is 8. The molecule has 0 spiro atoms. The smallest absolute Gasteiger partial charge is 0.281 e. The van der Waals surface area contributed by atoms with Crippen LogP contribution in [0.25, 0.3) is 22.3 Å². The van der Waals surface area contributed by atoms with Crippen molar-refractivity contribution in [2.24, 2.45) is 0 Å². The number of anilines is 2. The largest absolute Gasteiger partial charge is 0.493 e. The van der Waals surface area contributed by atoms with Gasteiger partial charge in [0.05, 0.1) is 24.3 Å². The summed E-state index contributed by atoms with van der Waals surface area (Å²) in [4.78, 5) is 23.0. The highest BCUT2D eigenvalue weighted by Crippen LogP contribution is 2.29. The Morgan fingerprint density at radius 3 is 2.68 bits per heavy atom. The predicted octanol–water partition coefficient (Wildman–Crippen LogP) is 2.09. The third-order valence-corrected chi connectivity index (χ3v) is 8.19. The van der Waals surface area contributed by atoms with E-state index in [0.29, 0.717) is 55.9 Å². The molecule has 1 aliphatic heterocycles. The molecule has 1 aliphatic rings. The van der Waals surface area contributed by atoms with Gasteiger partial charge in [0, 0.05) is 58.6 Å². The zero-order chi connectivity index (χ0) is 26.0. The van der Waals surface area contributed by atoms with Crippen LogP contribution in [0.1, 0.15) is 5.56 Å². The lowest BCUT2D eigenvalue weighted by molar-refractivity contribution is 0.177. The first-order chi connectivity index (χ1) is 17.8. The van der Waals surface area contributed by atoms with Crippen molar-refractivity contribution in [2.75, 3.05) is 52.7 Å². The second-order valence-electron chi connectivity index (χ2n) is 8.90. The standard InChI is InChI=1S/C24H29N9O3S/c1-31(2)37(34,35)33-10-8-32(9-11-33)15-17-6-7-26-22(12-17)30-24-28-19-5-4-18(13-20(19)29-24)23-21(36-3)14-25-16-27-23/h4-7,12-14,16H,8-11,15H2,1-3H3,(H2,26,28,29,30). The summed E-state index contributed by atoms with van der Waals surface area (Å²) < 4.78 is 32.9. The van der Waals surface area contributed by atoms with Gasteiger partial charge in [-0.1, -0.05) is 6.07 Å². The van der Waals surface area contributed by atoms with Crippen molar-refractivity contribution >= 4 is 33.0 Å². The van der Waals surface area contributed by atoms with Gasteiger partial charge in [-0.25, -0.2) is 19.9 Å². The fourth-order valence-corrected chi connectivity index (χ4v) is 5.36. The Labute approximate surface area is 215 Å². The Morgan fingerprint density at radius 1 is 1.11 bits per heavy atom. The van der Waals surface area contributed by atoms with E-state index in [1.165, 1.54) is 14.9 Å². The Bertz CT molecular complexity index is 1500. The minimum Gasteiger partial charge on any atom is -0.493 e. The summed E-state index contributed by atoms with van der Waals surface area (Å²) in [6.45, 7) is 2.98. The van der Waals surface area contributed by atoms with Gasteiger partial charge < -0.3 is 15.0 Å². The van der Waals surface area contributed by atoms with Gasteiger partial charge in [-0.3, -0.25) is 4.90 Å². The number of aromatic amines is 1. The zero-order valence-corrected chi connectivity index (χ0v) is 21.7. The minimum atomic E-state index is -3.37. The van der Waals surface area contributed by atoms with Gasteiger partial charge in [0.2, 0.25) is 5.95 Å². The first-order valence-electron chi connectivity index (χ1n) is 11.8. The molecular formula is C24H29N9O3S. The number of hydrogen-bond donors (Lipinski definition) is 2. The van der Waals surface area contributed by atoms with E-state index >= 15 is 0 Å². The third kappa shape index (κ3) is 5.39. The molecule has 4 aromatic rings. The van der Waals surface area contributed by atoms with Gasteiger partial charge in [0.15, 0.2) is 5.75 Å². The highest BCUT2D eigenvalue weighted by atomic mass is 32.2. The lowest BCUT2D eigenvalue weighted by atomic mass is 10.1. The number of benzene rings is 1. The average molecular weight is 524 g/mol. The normalized spacial score (nSPS) is 15.4. The van der Waals surface area contributed by atoms with Crippen molar-refractivity contribution < 1.29 is 13.2 Å². The van der Waals surface area contributed by atoms with E-state index in [4.69, 9.17) is 4.74 Å². The zero-order valence-electron chi connectivity index (χ0n) is 20.9. The summed E-state index contributed by atoms with van der Waals surface area (Å²) in [5.74, 6) is 1.85. The molecule has 1 fully saturated rings. The molecule has 37 heavy (non-hydrogen) atoms. The van der Waals surface area contributed by atoms with E-state index < -0.39 is 10.2 Å². The highest BCUT2D eigenvalue weighted by Gasteiger charge is 2.28. The summed E-state index contributed by atoms with van der Waals surface area (Å²) >= 11 is 0. The molecule has 2 N–H and O–H groups in total. The second-order valence-corrected chi connectivity index (χ2v) is 11.0. The van der Waals surface area contributed by atoms with Crippen LogP contribution in [-0.2, 0) is 16.8 Å². The van der Waals surface area contributed by atoms with Gasteiger partial charge in [-0.15, -0.1) is 0 Å². The lowest BCUT2D eigenvalue weighted by Gasteiger charge is -2.35. The fourth-order valence-electron chi connectivity index (χ4n) is 4.27. The van der Waals surface area contributed by atoms with Gasteiger partial charge in [0.25, 0.3) is 10.2 Å². The number of imidazole rings is 1. The molecule has 13 heteroatoms. The van der Waals surface area contributed by atoms with Crippen LogP contribution in [0.15, 0.2) is 49.1 Å². The number of piperazine rings is 1. The quantitative estimate of drug-likeness (QED) is 0.356. The van der Waals surface area contributed by atoms with Crippen LogP contribution in [0.5, 0.6) is 5.75 Å². The molecule has 5 rings (SSSR count). The number of aromatic nitrogens is 5. The lowest BCUT2D eigenvalue weighted by Crippen LogP contribution is -2.51. The van der Waals surface area contributed by atoms with Crippen molar-refractivity contribution in [2.45, 2.75) is 6.54 Å². The van der Waals surface area contributed by atoms with Crippen molar-refractivity contribution in [1.29, 1.82) is 0 Å². The average Bonchev–Trinajstić information content (AvgIpc) is 3.30. The maximum Gasteiger partial charge on any atom is 0.281 e. The first-order valence-corrected chi connectivity index (χ1v) is 13.2. The molecule has 3 aromatic heterocycles. The minimum absolute atomic E-state index is 0.471. The number of pyridine rings is 1. The molecule has 0 bridgehead atoms. The number of fused-ring (bicyclic) bond motifs is 1. The molecule has 1 aromatic carbocycles. The molecule has 0 saturated carbocycles. The van der Waals surface area contributed by atoms with E-state index in [0.717, 1.165) is 22.2 Å². The molecule has 0 atom stereocenters. The Morgan fingerprint density at radius 2 is 1.92 bits per heavy atom. The summed E-state index contributed by atoms with van der Waals surface area (Å²) in [5, 5.41) is 3.25. The molecule has 194 valence electrons. The van der Waals surface area contributed by atoms with Gasteiger partial charge in [-0.2, -0.15) is 17.0 Å².